The summed E-state index contributed by atoms with van der Waals surface area (Å²) in [5, 5.41) is 0.382. The molecule has 1 aromatic rings. The molecular weight excluding hydrogens is 300 g/mol. The number of pyridine rings is 1. The fraction of sp³-hybridized carbons (Fsp3) is 0.571. The molecule has 0 spiro atoms. The molecule has 0 atom stereocenters. The molecule has 4 nitrogen and oxygen atoms in total. The molecule has 0 saturated carbocycles. The topological polar surface area (TPSA) is 59.2 Å². The van der Waals surface area contributed by atoms with Crippen molar-refractivity contribution in [3.8, 4) is 0 Å². The summed E-state index contributed by atoms with van der Waals surface area (Å²) in [4.78, 5) is 17.7. The monoisotopic (exact) mass is 317 g/mol. The standard InChI is InChI=1S/C14H18ClF2N3O/c1-8-10(12(18)21)13(19-9(2)11(8)15)20-6-3-4-14(16,17)5-7-20/h3-7H2,1-2H3,(H2,18,21). The molecule has 2 heterocycles. The van der Waals surface area contributed by atoms with E-state index in [-0.39, 0.29) is 24.9 Å². The molecule has 1 amide bonds. The van der Waals surface area contributed by atoms with Crippen LogP contribution in [0.25, 0.3) is 0 Å². The summed E-state index contributed by atoms with van der Waals surface area (Å²) in [5.41, 5.74) is 6.74. The van der Waals surface area contributed by atoms with Gasteiger partial charge in [-0.3, -0.25) is 4.79 Å². The zero-order valence-electron chi connectivity index (χ0n) is 12.0. The highest BCUT2D eigenvalue weighted by atomic mass is 35.5. The van der Waals surface area contributed by atoms with E-state index in [0.717, 1.165) is 0 Å². The third-order valence-corrected chi connectivity index (χ3v) is 4.34. The van der Waals surface area contributed by atoms with E-state index in [1.807, 2.05) is 0 Å². The predicted molar refractivity (Wildman–Crippen MR) is 78.2 cm³/mol. The number of aryl methyl sites for hydroxylation is 1. The lowest BCUT2D eigenvalue weighted by molar-refractivity contribution is -0.0102. The maximum absolute atomic E-state index is 13.5. The number of hydrogen-bond acceptors (Lipinski definition) is 3. The summed E-state index contributed by atoms with van der Waals surface area (Å²) in [5.74, 6) is -2.95. The van der Waals surface area contributed by atoms with Crippen molar-refractivity contribution in [2.75, 3.05) is 18.0 Å². The third-order valence-electron chi connectivity index (χ3n) is 3.78. The number of rotatable bonds is 2. The number of alkyl halides is 2. The van der Waals surface area contributed by atoms with Crippen LogP contribution >= 0.6 is 11.6 Å². The largest absolute Gasteiger partial charge is 0.365 e. The molecule has 0 aliphatic carbocycles. The summed E-state index contributed by atoms with van der Waals surface area (Å²) in [7, 11) is 0. The maximum atomic E-state index is 13.5. The zero-order valence-corrected chi connectivity index (χ0v) is 12.8. The average molecular weight is 318 g/mol. The highest BCUT2D eigenvalue weighted by molar-refractivity contribution is 6.32. The maximum Gasteiger partial charge on any atom is 0.252 e. The van der Waals surface area contributed by atoms with Crippen LogP contribution < -0.4 is 10.6 Å². The van der Waals surface area contributed by atoms with Crippen LogP contribution in [-0.2, 0) is 0 Å². The van der Waals surface area contributed by atoms with Gasteiger partial charge in [-0.25, -0.2) is 13.8 Å². The van der Waals surface area contributed by atoms with Gasteiger partial charge in [0.1, 0.15) is 5.82 Å². The van der Waals surface area contributed by atoms with Crippen molar-refractivity contribution in [3.05, 3.63) is 21.8 Å². The van der Waals surface area contributed by atoms with Gasteiger partial charge in [0.05, 0.1) is 16.3 Å². The Balaban J connectivity index is 2.46. The fourth-order valence-corrected chi connectivity index (χ4v) is 2.75. The fourth-order valence-electron chi connectivity index (χ4n) is 2.61. The first kappa shape index (κ1) is 15.9. The number of carbonyl (C=O) groups excluding carboxylic acids is 1. The molecule has 0 aromatic carbocycles. The Kier molecular flexibility index (Phi) is 4.37. The number of primary amides is 1. The van der Waals surface area contributed by atoms with E-state index in [4.69, 9.17) is 17.3 Å². The summed E-state index contributed by atoms with van der Waals surface area (Å²) < 4.78 is 27.0. The molecule has 21 heavy (non-hydrogen) atoms. The van der Waals surface area contributed by atoms with E-state index in [9.17, 15) is 13.6 Å². The highest BCUT2D eigenvalue weighted by Gasteiger charge is 2.33. The van der Waals surface area contributed by atoms with Crippen molar-refractivity contribution in [1.29, 1.82) is 0 Å². The van der Waals surface area contributed by atoms with Gasteiger partial charge >= 0.3 is 0 Å². The minimum Gasteiger partial charge on any atom is -0.365 e. The molecule has 1 aromatic heterocycles. The Labute approximate surface area is 127 Å². The lowest BCUT2D eigenvalue weighted by atomic mass is 10.1. The van der Waals surface area contributed by atoms with Crippen molar-refractivity contribution in [1.82, 2.24) is 4.98 Å². The number of carbonyl (C=O) groups is 1. The molecule has 0 unspecified atom stereocenters. The minimum absolute atomic E-state index is 0.140. The molecule has 1 fully saturated rings. The van der Waals surface area contributed by atoms with Gasteiger partial charge in [0.25, 0.3) is 5.91 Å². The van der Waals surface area contributed by atoms with Gasteiger partial charge in [-0.15, -0.1) is 0 Å². The first-order chi connectivity index (χ1) is 9.73. The van der Waals surface area contributed by atoms with Gasteiger partial charge < -0.3 is 10.6 Å². The van der Waals surface area contributed by atoms with Gasteiger partial charge in [0.2, 0.25) is 5.92 Å². The van der Waals surface area contributed by atoms with Crippen molar-refractivity contribution in [3.63, 3.8) is 0 Å². The molecule has 0 radical (unpaired) electrons. The molecule has 1 saturated heterocycles. The molecular formula is C14H18ClF2N3O. The molecule has 7 heteroatoms. The number of aromatic nitrogens is 1. The van der Waals surface area contributed by atoms with Crippen LogP contribution in [0.3, 0.4) is 0 Å². The summed E-state index contributed by atoms with van der Waals surface area (Å²) in [6.45, 7) is 3.97. The Bertz CT molecular complexity index is 578. The van der Waals surface area contributed by atoms with Gasteiger partial charge in [0.15, 0.2) is 0 Å². The van der Waals surface area contributed by atoms with Crippen LogP contribution in [0.1, 0.15) is 40.9 Å². The molecule has 2 rings (SSSR count). The number of nitrogens with two attached hydrogens (primary N) is 1. The molecule has 116 valence electrons. The minimum atomic E-state index is -2.67. The number of hydrogen-bond donors (Lipinski definition) is 1. The summed E-state index contributed by atoms with van der Waals surface area (Å²) >= 11 is 6.11. The van der Waals surface area contributed by atoms with E-state index in [0.29, 0.717) is 35.1 Å². The second-order valence-electron chi connectivity index (χ2n) is 5.40. The molecule has 1 aliphatic rings. The highest BCUT2D eigenvalue weighted by Crippen LogP contribution is 2.33. The predicted octanol–water partition coefficient (Wildman–Crippen LogP) is 3.08. The molecule has 1 aliphatic heterocycles. The van der Waals surface area contributed by atoms with Crippen molar-refractivity contribution < 1.29 is 13.6 Å². The first-order valence-electron chi connectivity index (χ1n) is 6.82. The SMILES string of the molecule is Cc1nc(N2CCCC(F)(F)CC2)c(C(N)=O)c(C)c1Cl. The van der Waals surface area contributed by atoms with E-state index < -0.39 is 11.8 Å². The van der Waals surface area contributed by atoms with Gasteiger partial charge in [-0.2, -0.15) is 0 Å². The van der Waals surface area contributed by atoms with E-state index >= 15 is 0 Å². The number of halogens is 3. The lowest BCUT2D eigenvalue weighted by Crippen LogP contribution is -2.30. The van der Waals surface area contributed by atoms with Crippen molar-refractivity contribution >= 4 is 23.3 Å². The van der Waals surface area contributed by atoms with Gasteiger partial charge in [0, 0.05) is 25.9 Å². The van der Waals surface area contributed by atoms with Crippen molar-refractivity contribution in [2.24, 2.45) is 5.73 Å². The summed E-state index contributed by atoms with van der Waals surface area (Å²) in [6.07, 6.45) is -0.0673. The van der Waals surface area contributed by atoms with Crippen LogP contribution in [0.2, 0.25) is 5.02 Å². The van der Waals surface area contributed by atoms with E-state index in [2.05, 4.69) is 4.98 Å². The van der Waals surface area contributed by atoms with Crippen LogP contribution in [0.4, 0.5) is 14.6 Å². The van der Waals surface area contributed by atoms with E-state index in [1.54, 1.807) is 18.7 Å². The van der Waals surface area contributed by atoms with Crippen LogP contribution in [0.15, 0.2) is 0 Å². The lowest BCUT2D eigenvalue weighted by Gasteiger charge is -2.25. The Morgan fingerprint density at radius 1 is 1.33 bits per heavy atom. The van der Waals surface area contributed by atoms with E-state index in [1.165, 1.54) is 0 Å². The van der Waals surface area contributed by atoms with Gasteiger partial charge in [-0.1, -0.05) is 11.6 Å². The number of nitrogens with zero attached hydrogens (tertiary/aromatic N) is 2. The van der Waals surface area contributed by atoms with Crippen LogP contribution in [0.5, 0.6) is 0 Å². The Morgan fingerprint density at radius 3 is 2.62 bits per heavy atom. The van der Waals surface area contributed by atoms with Gasteiger partial charge in [-0.05, 0) is 25.8 Å². The number of anilines is 1. The smallest absolute Gasteiger partial charge is 0.252 e. The quantitative estimate of drug-likeness (QED) is 0.912. The molecule has 2 N–H and O–H groups in total. The zero-order chi connectivity index (χ0) is 15.8. The Morgan fingerprint density at radius 2 is 2.00 bits per heavy atom. The van der Waals surface area contributed by atoms with Crippen molar-refractivity contribution in [2.45, 2.75) is 39.0 Å². The van der Waals surface area contributed by atoms with Crippen LogP contribution in [0, 0.1) is 13.8 Å². The molecule has 0 bridgehead atoms. The second-order valence-corrected chi connectivity index (χ2v) is 5.77. The Hall–Kier alpha value is -1.43. The summed E-state index contributed by atoms with van der Waals surface area (Å²) in [6, 6.07) is 0. The van der Waals surface area contributed by atoms with Crippen LogP contribution in [-0.4, -0.2) is 29.9 Å². The average Bonchev–Trinajstić information content (AvgIpc) is 2.56. The normalized spacial score (nSPS) is 18.4. The number of amides is 1. The first-order valence-corrected chi connectivity index (χ1v) is 7.20. The third kappa shape index (κ3) is 3.26. The second kappa shape index (κ2) is 5.75.